The lowest BCUT2D eigenvalue weighted by Gasteiger charge is -2.37. The van der Waals surface area contributed by atoms with E-state index in [-0.39, 0.29) is 23.7 Å². The lowest BCUT2D eigenvalue weighted by Crippen LogP contribution is -2.51. The van der Waals surface area contributed by atoms with Crippen molar-refractivity contribution in [1.29, 1.82) is 0 Å². The van der Waals surface area contributed by atoms with E-state index in [9.17, 15) is 9.59 Å². The average molecular weight is 393 g/mol. The molecule has 2 heterocycles. The topological polar surface area (TPSA) is 78.4 Å². The largest absolute Gasteiger partial charge is 0.339 e. The normalized spacial score (nSPS) is 22.2. The van der Waals surface area contributed by atoms with Gasteiger partial charge in [0, 0.05) is 56.1 Å². The molecule has 1 aliphatic carbocycles. The summed E-state index contributed by atoms with van der Waals surface area (Å²) in [6.45, 7) is 2.91. The maximum absolute atomic E-state index is 12.9. The van der Waals surface area contributed by atoms with Gasteiger partial charge < -0.3 is 15.1 Å². The summed E-state index contributed by atoms with van der Waals surface area (Å²) in [5.41, 5.74) is 0.830. The van der Waals surface area contributed by atoms with Crippen LogP contribution in [0.1, 0.15) is 25.7 Å². The Morgan fingerprint density at radius 3 is 2.10 bits per heavy atom. The van der Waals surface area contributed by atoms with Gasteiger partial charge in [-0.25, -0.2) is 9.97 Å². The van der Waals surface area contributed by atoms with Crippen LogP contribution in [0.5, 0.6) is 0 Å². The van der Waals surface area contributed by atoms with E-state index in [1.807, 2.05) is 35.2 Å². The Hall–Kier alpha value is -2.96. The van der Waals surface area contributed by atoms with Crippen LogP contribution in [0.4, 0.5) is 11.6 Å². The number of benzene rings is 1. The van der Waals surface area contributed by atoms with Crippen molar-refractivity contribution in [2.45, 2.75) is 25.7 Å². The third-order valence-electron chi connectivity index (χ3n) is 5.91. The van der Waals surface area contributed by atoms with Gasteiger partial charge in [0.1, 0.15) is 0 Å². The zero-order valence-electron chi connectivity index (χ0n) is 16.5. The molecule has 1 aliphatic heterocycles. The van der Waals surface area contributed by atoms with E-state index in [2.05, 4.69) is 20.2 Å². The van der Waals surface area contributed by atoms with Gasteiger partial charge in [-0.1, -0.05) is 18.2 Å². The number of nitrogens with one attached hydrogen (secondary N) is 1. The molecule has 4 rings (SSSR count). The highest BCUT2D eigenvalue weighted by atomic mass is 16.2. The van der Waals surface area contributed by atoms with Gasteiger partial charge >= 0.3 is 0 Å². The van der Waals surface area contributed by atoms with E-state index >= 15 is 0 Å². The van der Waals surface area contributed by atoms with Crippen LogP contribution < -0.4 is 10.2 Å². The van der Waals surface area contributed by atoms with Gasteiger partial charge in [0.25, 0.3) is 0 Å². The van der Waals surface area contributed by atoms with Crippen molar-refractivity contribution in [3.63, 3.8) is 0 Å². The molecule has 0 unspecified atom stereocenters. The van der Waals surface area contributed by atoms with Gasteiger partial charge in [0.2, 0.25) is 17.8 Å². The first-order valence-electron chi connectivity index (χ1n) is 10.4. The molecule has 2 aromatic rings. The number of amides is 2. The molecule has 1 N–H and O–H groups in total. The Bertz CT molecular complexity index is 814. The van der Waals surface area contributed by atoms with E-state index < -0.39 is 0 Å². The fourth-order valence-electron chi connectivity index (χ4n) is 4.21. The number of aromatic nitrogens is 2. The lowest BCUT2D eigenvalue weighted by molar-refractivity contribution is -0.138. The summed E-state index contributed by atoms with van der Waals surface area (Å²) in [5, 5.41) is 2.99. The average Bonchev–Trinajstić information content (AvgIpc) is 2.80. The number of anilines is 2. The third kappa shape index (κ3) is 4.72. The van der Waals surface area contributed by atoms with Crippen LogP contribution in [0.2, 0.25) is 0 Å². The Morgan fingerprint density at radius 2 is 1.45 bits per heavy atom. The van der Waals surface area contributed by atoms with Crippen molar-refractivity contribution in [2.75, 3.05) is 36.4 Å². The minimum Gasteiger partial charge on any atom is -0.339 e. The molecule has 1 aromatic carbocycles. The van der Waals surface area contributed by atoms with Crippen LogP contribution in [-0.2, 0) is 9.59 Å². The first-order valence-corrected chi connectivity index (χ1v) is 10.4. The van der Waals surface area contributed by atoms with E-state index in [0.29, 0.717) is 13.1 Å². The minimum absolute atomic E-state index is 0.00803. The summed E-state index contributed by atoms with van der Waals surface area (Å²) in [5.74, 6) is 1.06. The SMILES string of the molecule is O=C(Nc1ccccc1)C1CCC(C(=O)N2CCN(c3ncccn3)CC2)CC1. The molecule has 2 amide bonds. The summed E-state index contributed by atoms with van der Waals surface area (Å²) < 4.78 is 0. The summed E-state index contributed by atoms with van der Waals surface area (Å²) in [4.78, 5) is 38.1. The first kappa shape index (κ1) is 19.4. The van der Waals surface area contributed by atoms with Crippen LogP contribution in [0, 0.1) is 11.8 Å². The Kier molecular flexibility index (Phi) is 6.03. The fraction of sp³-hybridized carbons (Fsp3) is 0.455. The molecule has 0 atom stereocenters. The Morgan fingerprint density at radius 1 is 0.828 bits per heavy atom. The van der Waals surface area contributed by atoms with E-state index in [0.717, 1.165) is 50.4 Å². The van der Waals surface area contributed by atoms with Crippen molar-refractivity contribution >= 4 is 23.5 Å². The highest BCUT2D eigenvalue weighted by Crippen LogP contribution is 2.31. The maximum Gasteiger partial charge on any atom is 0.227 e. The molecular formula is C22H27N5O2. The summed E-state index contributed by atoms with van der Waals surface area (Å²) in [6.07, 6.45) is 6.60. The number of para-hydroxylation sites is 1. The van der Waals surface area contributed by atoms with Gasteiger partial charge in [-0.2, -0.15) is 0 Å². The Labute approximate surface area is 171 Å². The van der Waals surface area contributed by atoms with Crippen LogP contribution in [0.25, 0.3) is 0 Å². The maximum atomic E-state index is 12.9. The van der Waals surface area contributed by atoms with Crippen molar-refractivity contribution in [1.82, 2.24) is 14.9 Å². The quantitative estimate of drug-likeness (QED) is 0.864. The monoisotopic (exact) mass is 393 g/mol. The summed E-state index contributed by atoms with van der Waals surface area (Å²) in [7, 11) is 0. The van der Waals surface area contributed by atoms with Gasteiger partial charge in [-0.3, -0.25) is 9.59 Å². The van der Waals surface area contributed by atoms with Crippen LogP contribution in [0.15, 0.2) is 48.8 Å². The predicted octanol–water partition coefficient (Wildman–Crippen LogP) is 2.57. The van der Waals surface area contributed by atoms with Crippen LogP contribution >= 0.6 is 0 Å². The van der Waals surface area contributed by atoms with Crippen LogP contribution in [-0.4, -0.2) is 52.9 Å². The van der Waals surface area contributed by atoms with Gasteiger partial charge in [-0.15, -0.1) is 0 Å². The number of rotatable bonds is 4. The third-order valence-corrected chi connectivity index (χ3v) is 5.91. The van der Waals surface area contributed by atoms with Crippen molar-refractivity contribution in [3.8, 4) is 0 Å². The number of hydrogen-bond donors (Lipinski definition) is 1. The second-order valence-electron chi connectivity index (χ2n) is 7.76. The highest BCUT2D eigenvalue weighted by molar-refractivity contribution is 5.92. The molecule has 0 spiro atoms. The molecule has 1 aromatic heterocycles. The molecule has 7 nitrogen and oxygen atoms in total. The summed E-state index contributed by atoms with van der Waals surface area (Å²) in [6, 6.07) is 11.4. The van der Waals surface area contributed by atoms with Gasteiger partial charge in [0.15, 0.2) is 0 Å². The second-order valence-corrected chi connectivity index (χ2v) is 7.76. The van der Waals surface area contributed by atoms with Crippen LogP contribution in [0.3, 0.4) is 0 Å². The zero-order valence-corrected chi connectivity index (χ0v) is 16.5. The second kappa shape index (κ2) is 9.03. The van der Waals surface area contributed by atoms with E-state index in [4.69, 9.17) is 0 Å². The Balaban J connectivity index is 1.24. The van der Waals surface area contributed by atoms with Gasteiger partial charge in [-0.05, 0) is 43.9 Å². The van der Waals surface area contributed by atoms with Gasteiger partial charge in [0.05, 0.1) is 0 Å². The van der Waals surface area contributed by atoms with Crippen molar-refractivity contribution in [2.24, 2.45) is 11.8 Å². The number of carbonyl (C=O) groups is 2. The molecule has 1 saturated carbocycles. The fourth-order valence-corrected chi connectivity index (χ4v) is 4.21. The molecule has 1 saturated heterocycles. The molecule has 0 bridgehead atoms. The van der Waals surface area contributed by atoms with E-state index in [1.165, 1.54) is 0 Å². The van der Waals surface area contributed by atoms with Crippen molar-refractivity contribution in [3.05, 3.63) is 48.8 Å². The number of nitrogens with zero attached hydrogens (tertiary/aromatic N) is 4. The van der Waals surface area contributed by atoms with Crippen molar-refractivity contribution < 1.29 is 9.59 Å². The summed E-state index contributed by atoms with van der Waals surface area (Å²) >= 11 is 0. The highest BCUT2D eigenvalue weighted by Gasteiger charge is 2.33. The first-order chi connectivity index (χ1) is 14.2. The predicted molar refractivity (Wildman–Crippen MR) is 111 cm³/mol. The molecule has 2 fully saturated rings. The zero-order chi connectivity index (χ0) is 20.1. The molecule has 29 heavy (non-hydrogen) atoms. The molecule has 7 heteroatoms. The molecular weight excluding hydrogens is 366 g/mol. The van der Waals surface area contributed by atoms with E-state index in [1.54, 1.807) is 18.5 Å². The number of hydrogen-bond acceptors (Lipinski definition) is 5. The smallest absolute Gasteiger partial charge is 0.227 e. The molecule has 2 aliphatic rings. The minimum atomic E-state index is -0.00803. The number of carbonyl (C=O) groups excluding carboxylic acids is 2. The molecule has 0 radical (unpaired) electrons. The number of piperazine rings is 1. The standard InChI is InChI=1S/C22H27N5O2/c28-20(25-19-5-2-1-3-6-19)17-7-9-18(10-8-17)21(29)26-13-15-27(16-14-26)22-23-11-4-12-24-22/h1-6,11-12,17-18H,7-10,13-16H2,(H,25,28). The molecule has 152 valence electrons. The lowest BCUT2D eigenvalue weighted by atomic mass is 9.80.